The number of aryl methyl sites for hydroxylation is 1. The SMILES string of the molecule is CCOC(=O)c1c(C)[nH]c(C(=O)[C@@H](C)[n+]2cccc(-c3ccccc3)c2)c1C. The summed E-state index contributed by atoms with van der Waals surface area (Å²) >= 11 is 0. The number of Topliss-reactive ketones (excluding diaryl/α,β-unsaturated/α-hetero) is 1. The molecule has 3 rings (SSSR count). The molecule has 144 valence electrons. The molecule has 3 aromatic rings. The lowest BCUT2D eigenvalue weighted by molar-refractivity contribution is -0.704. The van der Waals surface area contributed by atoms with Gasteiger partial charge in [-0.05, 0) is 38.0 Å². The van der Waals surface area contributed by atoms with Crippen LogP contribution in [0.25, 0.3) is 11.1 Å². The molecule has 0 unspecified atom stereocenters. The molecule has 2 heterocycles. The highest BCUT2D eigenvalue weighted by atomic mass is 16.5. The number of ether oxygens (including phenoxy) is 1. The third-order valence-electron chi connectivity index (χ3n) is 4.92. The molecule has 28 heavy (non-hydrogen) atoms. The van der Waals surface area contributed by atoms with Gasteiger partial charge < -0.3 is 9.72 Å². The Morgan fingerprint density at radius 2 is 1.75 bits per heavy atom. The molecule has 5 nitrogen and oxygen atoms in total. The van der Waals surface area contributed by atoms with Crippen LogP contribution < -0.4 is 4.57 Å². The molecule has 1 atom stereocenters. The molecule has 5 heteroatoms. The van der Waals surface area contributed by atoms with Gasteiger partial charge in [-0.15, -0.1) is 0 Å². The van der Waals surface area contributed by atoms with Gasteiger partial charge in [0, 0.05) is 24.2 Å². The lowest BCUT2D eigenvalue weighted by Gasteiger charge is -2.08. The maximum atomic E-state index is 13.2. The molecule has 0 saturated heterocycles. The molecule has 0 saturated carbocycles. The average Bonchev–Trinajstić information content (AvgIpc) is 3.02. The summed E-state index contributed by atoms with van der Waals surface area (Å²) in [6.07, 6.45) is 3.85. The number of carbonyl (C=O) groups excluding carboxylic acids is 2. The Balaban J connectivity index is 1.92. The molecule has 0 spiro atoms. The van der Waals surface area contributed by atoms with Crippen molar-refractivity contribution in [1.29, 1.82) is 0 Å². The highest BCUT2D eigenvalue weighted by molar-refractivity contribution is 6.02. The van der Waals surface area contributed by atoms with Crippen molar-refractivity contribution in [2.24, 2.45) is 0 Å². The zero-order valence-electron chi connectivity index (χ0n) is 16.7. The van der Waals surface area contributed by atoms with Gasteiger partial charge in [0.25, 0.3) is 0 Å². The highest BCUT2D eigenvalue weighted by Gasteiger charge is 2.30. The van der Waals surface area contributed by atoms with Crippen LogP contribution >= 0.6 is 0 Å². The fourth-order valence-corrected chi connectivity index (χ4v) is 3.39. The van der Waals surface area contributed by atoms with E-state index in [-0.39, 0.29) is 5.78 Å². The van der Waals surface area contributed by atoms with E-state index in [4.69, 9.17) is 4.74 Å². The Kier molecular flexibility index (Phi) is 5.73. The zero-order valence-corrected chi connectivity index (χ0v) is 16.7. The molecule has 1 aromatic carbocycles. The molecule has 0 fully saturated rings. The summed E-state index contributed by atoms with van der Waals surface area (Å²) in [7, 11) is 0. The van der Waals surface area contributed by atoms with E-state index in [1.54, 1.807) is 20.8 Å². The van der Waals surface area contributed by atoms with E-state index >= 15 is 0 Å². The maximum Gasteiger partial charge on any atom is 0.340 e. The summed E-state index contributed by atoms with van der Waals surface area (Å²) in [5, 5.41) is 0. The van der Waals surface area contributed by atoms with E-state index in [0.29, 0.717) is 29.1 Å². The van der Waals surface area contributed by atoms with Crippen LogP contribution in [0.2, 0.25) is 0 Å². The number of nitrogens with one attached hydrogen (secondary N) is 1. The minimum absolute atomic E-state index is 0.0774. The number of rotatable bonds is 6. The normalized spacial score (nSPS) is 11.9. The molecule has 0 bridgehead atoms. The van der Waals surface area contributed by atoms with E-state index in [1.165, 1.54) is 0 Å². The largest absolute Gasteiger partial charge is 0.462 e. The zero-order chi connectivity index (χ0) is 20.3. The third kappa shape index (κ3) is 3.74. The number of esters is 1. The minimum atomic E-state index is -0.421. The van der Waals surface area contributed by atoms with Crippen LogP contribution in [0.5, 0.6) is 0 Å². The van der Waals surface area contributed by atoms with Crippen molar-refractivity contribution >= 4 is 11.8 Å². The minimum Gasteiger partial charge on any atom is -0.462 e. The van der Waals surface area contributed by atoms with Crippen LogP contribution in [0, 0.1) is 13.8 Å². The second kappa shape index (κ2) is 8.21. The van der Waals surface area contributed by atoms with Crippen LogP contribution in [-0.2, 0) is 4.74 Å². The second-order valence-electron chi connectivity index (χ2n) is 6.79. The van der Waals surface area contributed by atoms with Gasteiger partial charge in [-0.25, -0.2) is 4.79 Å². The number of pyridine rings is 1. The van der Waals surface area contributed by atoms with Crippen molar-refractivity contribution in [3.8, 4) is 11.1 Å². The highest BCUT2D eigenvalue weighted by Crippen LogP contribution is 2.22. The Morgan fingerprint density at radius 3 is 2.43 bits per heavy atom. The standard InChI is InChI=1S/C23H24N2O3/c1-5-28-23(27)20-15(2)21(24-16(20)3)22(26)17(4)25-13-9-12-19(14-25)18-10-7-6-8-11-18/h6-14,17H,5H2,1-4H3/p+1/t17-/m1/s1. The lowest BCUT2D eigenvalue weighted by Crippen LogP contribution is -2.42. The maximum absolute atomic E-state index is 13.2. The number of carbonyl (C=O) groups is 2. The topological polar surface area (TPSA) is 63.0 Å². The lowest BCUT2D eigenvalue weighted by atomic mass is 10.0. The number of aromatic amines is 1. The first-order valence-electron chi connectivity index (χ1n) is 9.40. The predicted octanol–water partition coefficient (Wildman–Crippen LogP) is 4.21. The molecule has 2 aromatic heterocycles. The van der Waals surface area contributed by atoms with Crippen LogP contribution in [-0.4, -0.2) is 23.3 Å². The van der Waals surface area contributed by atoms with Gasteiger partial charge in [0.05, 0.1) is 17.9 Å². The van der Waals surface area contributed by atoms with Gasteiger partial charge in [-0.3, -0.25) is 4.79 Å². The summed E-state index contributed by atoms with van der Waals surface area (Å²) in [6.45, 7) is 7.48. The van der Waals surface area contributed by atoms with Crippen molar-refractivity contribution in [1.82, 2.24) is 4.98 Å². The van der Waals surface area contributed by atoms with Crippen LogP contribution in [0.3, 0.4) is 0 Å². The summed E-state index contributed by atoms with van der Waals surface area (Å²) in [4.78, 5) is 28.4. The molecule has 0 aliphatic rings. The predicted molar refractivity (Wildman–Crippen MR) is 107 cm³/mol. The van der Waals surface area contributed by atoms with E-state index in [0.717, 1.165) is 11.1 Å². The summed E-state index contributed by atoms with van der Waals surface area (Å²) in [5.74, 6) is -0.481. The smallest absolute Gasteiger partial charge is 0.340 e. The molecule has 0 aliphatic heterocycles. The molecule has 1 N–H and O–H groups in total. The summed E-state index contributed by atoms with van der Waals surface area (Å²) < 4.78 is 7.01. The van der Waals surface area contributed by atoms with Crippen molar-refractivity contribution in [3.05, 3.63) is 77.4 Å². The molecule has 0 amide bonds. The molecular weight excluding hydrogens is 352 g/mol. The average molecular weight is 377 g/mol. The number of ketones is 1. The Hall–Kier alpha value is -3.21. The van der Waals surface area contributed by atoms with E-state index in [2.05, 4.69) is 4.98 Å². The molecule has 0 radical (unpaired) electrons. The Bertz CT molecular complexity index is 1010. The van der Waals surface area contributed by atoms with Crippen molar-refractivity contribution in [2.75, 3.05) is 6.61 Å². The Morgan fingerprint density at radius 1 is 1.07 bits per heavy atom. The Labute approximate surface area is 165 Å². The first-order chi connectivity index (χ1) is 13.4. The van der Waals surface area contributed by atoms with Crippen LogP contribution in [0.15, 0.2) is 54.9 Å². The fraction of sp³-hybridized carbons (Fsp3) is 0.261. The van der Waals surface area contributed by atoms with Crippen molar-refractivity contribution in [2.45, 2.75) is 33.7 Å². The van der Waals surface area contributed by atoms with Gasteiger partial charge in [-0.2, -0.15) is 4.57 Å². The van der Waals surface area contributed by atoms with Gasteiger partial charge >= 0.3 is 5.97 Å². The monoisotopic (exact) mass is 377 g/mol. The van der Waals surface area contributed by atoms with E-state index < -0.39 is 12.0 Å². The van der Waals surface area contributed by atoms with Gasteiger partial charge in [0.15, 0.2) is 12.4 Å². The van der Waals surface area contributed by atoms with Gasteiger partial charge in [-0.1, -0.05) is 30.3 Å². The number of hydrogen-bond acceptors (Lipinski definition) is 3. The molecule has 0 aliphatic carbocycles. The first-order valence-corrected chi connectivity index (χ1v) is 9.40. The number of H-pyrrole nitrogens is 1. The summed E-state index contributed by atoms with van der Waals surface area (Å²) in [5.41, 5.74) is 4.30. The van der Waals surface area contributed by atoms with Crippen molar-refractivity contribution in [3.63, 3.8) is 0 Å². The number of benzene rings is 1. The van der Waals surface area contributed by atoms with Crippen LogP contribution in [0.4, 0.5) is 0 Å². The van der Waals surface area contributed by atoms with Gasteiger partial charge in [0.1, 0.15) is 0 Å². The molecular formula is C23H25N2O3+. The number of hydrogen-bond donors (Lipinski definition) is 1. The van der Waals surface area contributed by atoms with Gasteiger partial charge in [0.2, 0.25) is 11.8 Å². The fourth-order valence-electron chi connectivity index (χ4n) is 3.39. The summed E-state index contributed by atoms with van der Waals surface area (Å²) in [6, 6.07) is 13.6. The van der Waals surface area contributed by atoms with E-state index in [9.17, 15) is 9.59 Å². The first kappa shape index (κ1) is 19.5. The number of aromatic nitrogens is 2. The quantitative estimate of drug-likeness (QED) is 0.398. The van der Waals surface area contributed by atoms with Crippen LogP contribution in [0.1, 0.15) is 52.0 Å². The second-order valence-corrected chi connectivity index (χ2v) is 6.79. The van der Waals surface area contributed by atoms with Crippen molar-refractivity contribution < 1.29 is 18.9 Å². The third-order valence-corrected chi connectivity index (χ3v) is 4.92. The number of nitrogens with zero attached hydrogens (tertiary/aromatic N) is 1. The van der Waals surface area contributed by atoms with E-state index in [1.807, 2.05) is 66.3 Å².